The summed E-state index contributed by atoms with van der Waals surface area (Å²) in [7, 11) is 0. The Labute approximate surface area is 156 Å². The van der Waals surface area contributed by atoms with Gasteiger partial charge in [-0.1, -0.05) is 17.7 Å². The Morgan fingerprint density at radius 1 is 0.704 bits per heavy atom. The number of nitrogens with zero attached hydrogens (tertiary/aromatic N) is 2. The summed E-state index contributed by atoms with van der Waals surface area (Å²) in [6.07, 6.45) is 0. The van der Waals surface area contributed by atoms with Crippen LogP contribution in [-0.4, -0.2) is 19.9 Å². The van der Waals surface area contributed by atoms with E-state index < -0.39 is 0 Å². The van der Waals surface area contributed by atoms with E-state index in [1.807, 2.05) is 61.5 Å². The van der Waals surface area contributed by atoms with E-state index in [1.165, 1.54) is 5.56 Å². The largest absolute Gasteiger partial charge is 0.457 e. The molecule has 5 heteroatoms. The molecule has 0 aliphatic carbocycles. The lowest BCUT2D eigenvalue weighted by Gasteiger charge is -2.06. The molecule has 0 saturated heterocycles. The Bertz CT molecular complexity index is 1200. The molecule has 0 bridgehead atoms. The van der Waals surface area contributed by atoms with Gasteiger partial charge in [-0.2, -0.15) is 0 Å². The molecule has 2 heterocycles. The molecule has 0 aliphatic rings. The third kappa shape index (κ3) is 2.93. The number of fused-ring (bicyclic) bond motifs is 2. The number of rotatable bonds is 3. The van der Waals surface area contributed by atoms with Crippen LogP contribution in [0.2, 0.25) is 0 Å². The summed E-state index contributed by atoms with van der Waals surface area (Å²) in [5, 5.41) is 0. The number of nitrogens with one attached hydrogen (secondary N) is 2. The molecular formula is C22H18N4O. The van der Waals surface area contributed by atoms with Crippen LogP contribution in [-0.2, 0) is 0 Å². The molecule has 5 aromatic rings. The highest BCUT2D eigenvalue weighted by molar-refractivity contribution is 5.92. The Hall–Kier alpha value is -3.60. The van der Waals surface area contributed by atoms with E-state index >= 15 is 0 Å². The number of ether oxygens (including phenoxy) is 1. The van der Waals surface area contributed by atoms with Crippen molar-refractivity contribution in [2.75, 3.05) is 0 Å². The van der Waals surface area contributed by atoms with Gasteiger partial charge >= 0.3 is 0 Å². The fraction of sp³-hybridized carbons (Fsp3) is 0.0909. The average molecular weight is 354 g/mol. The predicted octanol–water partition coefficient (Wildman–Crippen LogP) is 5.52. The zero-order chi connectivity index (χ0) is 18.4. The number of aryl methyl sites for hydroxylation is 2. The van der Waals surface area contributed by atoms with Crippen LogP contribution in [0.25, 0.3) is 33.5 Å². The molecule has 0 radical (unpaired) electrons. The lowest BCUT2D eigenvalue weighted by Crippen LogP contribution is -1.85. The van der Waals surface area contributed by atoms with E-state index in [-0.39, 0.29) is 0 Å². The molecule has 2 N–H and O–H groups in total. The minimum Gasteiger partial charge on any atom is -0.457 e. The Balaban J connectivity index is 1.44. The molecule has 3 aromatic carbocycles. The van der Waals surface area contributed by atoms with Crippen LogP contribution in [0.4, 0.5) is 0 Å². The molecule has 0 spiro atoms. The summed E-state index contributed by atoms with van der Waals surface area (Å²) in [6.45, 7) is 4.01. The first kappa shape index (κ1) is 15.6. The highest BCUT2D eigenvalue weighted by Crippen LogP contribution is 2.27. The number of imidazole rings is 2. The first-order chi connectivity index (χ1) is 13.1. The van der Waals surface area contributed by atoms with Gasteiger partial charge in [0, 0.05) is 5.56 Å². The molecule has 132 valence electrons. The molecule has 2 aromatic heterocycles. The Morgan fingerprint density at radius 2 is 1.33 bits per heavy atom. The molecule has 5 nitrogen and oxygen atoms in total. The van der Waals surface area contributed by atoms with Crippen molar-refractivity contribution in [1.29, 1.82) is 0 Å². The van der Waals surface area contributed by atoms with Crippen LogP contribution in [0.3, 0.4) is 0 Å². The van der Waals surface area contributed by atoms with Crippen molar-refractivity contribution in [3.05, 3.63) is 72.1 Å². The molecule has 0 unspecified atom stereocenters. The third-order valence-corrected chi connectivity index (χ3v) is 4.59. The second kappa shape index (κ2) is 5.99. The van der Waals surface area contributed by atoms with E-state index in [9.17, 15) is 0 Å². The predicted molar refractivity (Wildman–Crippen MR) is 107 cm³/mol. The zero-order valence-electron chi connectivity index (χ0n) is 15.1. The van der Waals surface area contributed by atoms with Gasteiger partial charge in [0.2, 0.25) is 0 Å². The summed E-state index contributed by atoms with van der Waals surface area (Å²) < 4.78 is 5.89. The van der Waals surface area contributed by atoms with Gasteiger partial charge in [0.1, 0.15) is 23.1 Å². The summed E-state index contributed by atoms with van der Waals surface area (Å²) in [6, 6.07) is 20.0. The normalized spacial score (nSPS) is 11.3. The van der Waals surface area contributed by atoms with Crippen LogP contribution in [0.5, 0.6) is 11.5 Å². The van der Waals surface area contributed by atoms with Crippen molar-refractivity contribution >= 4 is 22.1 Å². The van der Waals surface area contributed by atoms with Crippen LogP contribution in [0.15, 0.2) is 60.7 Å². The van der Waals surface area contributed by atoms with Crippen molar-refractivity contribution in [3.8, 4) is 22.9 Å². The van der Waals surface area contributed by atoms with E-state index in [0.717, 1.165) is 50.8 Å². The van der Waals surface area contributed by atoms with Gasteiger partial charge < -0.3 is 14.7 Å². The maximum atomic E-state index is 5.89. The van der Waals surface area contributed by atoms with Crippen molar-refractivity contribution < 1.29 is 4.74 Å². The van der Waals surface area contributed by atoms with Crippen LogP contribution < -0.4 is 4.74 Å². The third-order valence-electron chi connectivity index (χ3n) is 4.59. The first-order valence-corrected chi connectivity index (χ1v) is 8.85. The van der Waals surface area contributed by atoms with Gasteiger partial charge in [-0.3, -0.25) is 0 Å². The number of aromatic amines is 2. The molecule has 5 rings (SSSR count). The maximum absolute atomic E-state index is 5.89. The highest BCUT2D eigenvalue weighted by atomic mass is 16.5. The second-order valence-electron chi connectivity index (χ2n) is 6.73. The standard InChI is InChI=1S/C22H18N4O/c1-13-3-7-16(8-4-13)27-17-9-5-15(6-10-17)22-25-20-11-18-19(12-21(20)26-22)24-14(2)23-18/h3-12H,1-2H3,(H,23,24)(H,25,26). The number of hydrogen-bond acceptors (Lipinski definition) is 3. The van der Waals surface area contributed by atoms with Gasteiger partial charge in [-0.05, 0) is 62.4 Å². The van der Waals surface area contributed by atoms with Crippen LogP contribution >= 0.6 is 0 Å². The molecule has 0 amide bonds. The number of hydrogen-bond donors (Lipinski definition) is 2. The summed E-state index contributed by atoms with van der Waals surface area (Å²) in [4.78, 5) is 15.8. The topological polar surface area (TPSA) is 66.6 Å². The number of benzene rings is 3. The maximum Gasteiger partial charge on any atom is 0.138 e. The molecule has 27 heavy (non-hydrogen) atoms. The van der Waals surface area contributed by atoms with Gasteiger partial charge in [0.05, 0.1) is 22.1 Å². The minimum absolute atomic E-state index is 0.798. The highest BCUT2D eigenvalue weighted by Gasteiger charge is 2.09. The van der Waals surface area contributed by atoms with Crippen molar-refractivity contribution in [2.45, 2.75) is 13.8 Å². The molecule has 0 fully saturated rings. The van der Waals surface area contributed by atoms with Gasteiger partial charge in [-0.15, -0.1) is 0 Å². The molecular weight excluding hydrogens is 336 g/mol. The fourth-order valence-corrected chi connectivity index (χ4v) is 3.20. The lowest BCUT2D eigenvalue weighted by atomic mass is 10.2. The van der Waals surface area contributed by atoms with Crippen molar-refractivity contribution in [1.82, 2.24) is 19.9 Å². The molecule has 0 atom stereocenters. The SMILES string of the molecule is Cc1ccc(Oc2ccc(-c3nc4cc5nc(C)[nH]c5cc4[nH]3)cc2)cc1. The summed E-state index contributed by atoms with van der Waals surface area (Å²) in [5.74, 6) is 3.36. The van der Waals surface area contributed by atoms with E-state index in [2.05, 4.69) is 27.9 Å². The molecule has 0 aliphatic heterocycles. The summed E-state index contributed by atoms with van der Waals surface area (Å²) >= 11 is 0. The smallest absolute Gasteiger partial charge is 0.138 e. The fourth-order valence-electron chi connectivity index (χ4n) is 3.20. The summed E-state index contributed by atoms with van der Waals surface area (Å²) in [5.41, 5.74) is 6.06. The van der Waals surface area contributed by atoms with Crippen LogP contribution in [0.1, 0.15) is 11.4 Å². The van der Waals surface area contributed by atoms with Gasteiger partial charge in [-0.25, -0.2) is 9.97 Å². The number of H-pyrrole nitrogens is 2. The molecule has 0 saturated carbocycles. The van der Waals surface area contributed by atoms with E-state index in [4.69, 9.17) is 9.72 Å². The number of aromatic nitrogens is 4. The Kier molecular flexibility index (Phi) is 3.47. The Morgan fingerprint density at radius 3 is 2.07 bits per heavy atom. The first-order valence-electron chi connectivity index (χ1n) is 8.85. The van der Waals surface area contributed by atoms with Gasteiger partial charge in [0.25, 0.3) is 0 Å². The van der Waals surface area contributed by atoms with Crippen LogP contribution in [0, 0.1) is 13.8 Å². The second-order valence-corrected chi connectivity index (χ2v) is 6.73. The van der Waals surface area contributed by atoms with E-state index in [1.54, 1.807) is 0 Å². The van der Waals surface area contributed by atoms with Crippen molar-refractivity contribution in [2.24, 2.45) is 0 Å². The van der Waals surface area contributed by atoms with Gasteiger partial charge in [0.15, 0.2) is 0 Å². The van der Waals surface area contributed by atoms with E-state index in [0.29, 0.717) is 0 Å². The lowest BCUT2D eigenvalue weighted by molar-refractivity contribution is 0.482. The van der Waals surface area contributed by atoms with Crippen molar-refractivity contribution in [3.63, 3.8) is 0 Å². The minimum atomic E-state index is 0.798. The monoisotopic (exact) mass is 354 g/mol. The zero-order valence-corrected chi connectivity index (χ0v) is 15.1. The quantitative estimate of drug-likeness (QED) is 0.448. The average Bonchev–Trinajstić information content (AvgIpc) is 3.23.